The molecule has 0 saturated carbocycles. The molecule has 2 N–H and O–H groups in total. The van der Waals surface area contributed by atoms with Crippen LogP contribution in [0.25, 0.3) is 0 Å². The molecule has 0 unspecified atom stereocenters. The Labute approximate surface area is 98.2 Å². The molecule has 0 aromatic heterocycles. The van der Waals surface area contributed by atoms with Crippen LogP contribution in [0.15, 0.2) is 18.2 Å². The van der Waals surface area contributed by atoms with Crippen LogP contribution in [-0.2, 0) is 4.79 Å². The number of Topliss-reactive ketones (excluding diaryl/α,β-unsaturated/α-hetero) is 1. The number of phenolic OH excluding ortho intramolecular Hbond substituents is 1. The molecule has 1 rings (SSSR count). The summed E-state index contributed by atoms with van der Waals surface area (Å²) >= 11 is 5.32. The van der Waals surface area contributed by atoms with Crippen LogP contribution in [0.3, 0.4) is 0 Å². The first-order valence-corrected chi connectivity index (χ1v) is 5.34. The second kappa shape index (κ2) is 5.51. The van der Waals surface area contributed by atoms with Crippen LogP contribution < -0.4 is 5.32 Å². The summed E-state index contributed by atoms with van der Waals surface area (Å²) < 4.78 is 0. The molecule has 1 aromatic carbocycles. The second-order valence-corrected chi connectivity index (χ2v) is 3.46. The number of benzene rings is 1. The molecule has 1 amide bonds. The number of ketones is 1. The number of carbonyl (C=O) groups excluding carboxylic acids is 2. The van der Waals surface area contributed by atoms with Gasteiger partial charge in [-0.25, -0.2) is 0 Å². The van der Waals surface area contributed by atoms with E-state index >= 15 is 0 Å². The third-order valence-electron chi connectivity index (χ3n) is 2.04. The van der Waals surface area contributed by atoms with E-state index in [4.69, 9.17) is 11.6 Å². The standard InChI is InChI=1S/C11H12ClNO3/c1-2-9(14)7-3-4-10(15)8(5-7)13-11(16)6-12/h3-5,15H,2,6H2,1H3,(H,13,16). The zero-order chi connectivity index (χ0) is 12.1. The smallest absolute Gasteiger partial charge is 0.239 e. The molecule has 86 valence electrons. The van der Waals surface area contributed by atoms with E-state index < -0.39 is 5.91 Å². The number of hydrogen-bond donors (Lipinski definition) is 2. The van der Waals surface area contributed by atoms with Gasteiger partial charge in [-0.1, -0.05) is 6.92 Å². The predicted octanol–water partition coefficient (Wildman–Crippen LogP) is 2.16. The molecule has 4 nitrogen and oxygen atoms in total. The van der Waals surface area contributed by atoms with E-state index in [1.165, 1.54) is 18.2 Å². The zero-order valence-electron chi connectivity index (χ0n) is 8.79. The van der Waals surface area contributed by atoms with E-state index in [0.29, 0.717) is 12.0 Å². The summed E-state index contributed by atoms with van der Waals surface area (Å²) in [5.41, 5.74) is 0.648. The molecule has 0 aliphatic rings. The Morgan fingerprint density at radius 2 is 2.12 bits per heavy atom. The fourth-order valence-electron chi connectivity index (χ4n) is 1.20. The van der Waals surface area contributed by atoms with E-state index in [1.807, 2.05) is 0 Å². The van der Waals surface area contributed by atoms with Gasteiger partial charge in [0.2, 0.25) is 5.91 Å². The average Bonchev–Trinajstić information content (AvgIpc) is 2.30. The lowest BCUT2D eigenvalue weighted by atomic mass is 10.1. The minimum absolute atomic E-state index is 0.0543. The highest BCUT2D eigenvalue weighted by Gasteiger charge is 2.09. The fourth-order valence-corrected chi connectivity index (χ4v) is 1.26. The van der Waals surface area contributed by atoms with Crippen molar-refractivity contribution in [2.75, 3.05) is 11.2 Å². The van der Waals surface area contributed by atoms with Gasteiger partial charge in [0.25, 0.3) is 0 Å². The van der Waals surface area contributed by atoms with Crippen molar-refractivity contribution in [1.82, 2.24) is 0 Å². The number of aromatic hydroxyl groups is 1. The van der Waals surface area contributed by atoms with E-state index in [0.717, 1.165) is 0 Å². The first-order valence-electron chi connectivity index (χ1n) is 4.80. The summed E-state index contributed by atoms with van der Waals surface area (Å²) in [5.74, 6) is -0.781. The average molecular weight is 242 g/mol. The molecule has 0 bridgehead atoms. The normalized spacial score (nSPS) is 9.88. The molecule has 0 saturated heterocycles. The molecule has 16 heavy (non-hydrogen) atoms. The molecular weight excluding hydrogens is 230 g/mol. The van der Waals surface area contributed by atoms with Crippen molar-refractivity contribution in [2.45, 2.75) is 13.3 Å². The molecule has 0 aliphatic carbocycles. The van der Waals surface area contributed by atoms with E-state index in [9.17, 15) is 14.7 Å². The van der Waals surface area contributed by atoms with Gasteiger partial charge in [-0.2, -0.15) is 0 Å². The number of nitrogens with one attached hydrogen (secondary N) is 1. The topological polar surface area (TPSA) is 66.4 Å². The van der Waals surface area contributed by atoms with Gasteiger partial charge in [-0.05, 0) is 18.2 Å². The molecule has 0 fully saturated rings. The van der Waals surface area contributed by atoms with Crippen LogP contribution in [0.5, 0.6) is 5.75 Å². The second-order valence-electron chi connectivity index (χ2n) is 3.19. The van der Waals surface area contributed by atoms with Gasteiger partial charge in [-0.3, -0.25) is 9.59 Å². The van der Waals surface area contributed by atoms with Crippen molar-refractivity contribution >= 4 is 29.0 Å². The first-order chi connectivity index (χ1) is 7.58. The quantitative estimate of drug-likeness (QED) is 0.482. The minimum atomic E-state index is -0.432. The molecule has 0 spiro atoms. The molecular formula is C11H12ClNO3. The van der Waals surface area contributed by atoms with Crippen LogP contribution in [-0.4, -0.2) is 22.7 Å². The van der Waals surface area contributed by atoms with Crippen molar-refractivity contribution in [3.05, 3.63) is 23.8 Å². The summed E-state index contributed by atoms with van der Waals surface area (Å²) in [6.45, 7) is 1.74. The maximum atomic E-state index is 11.4. The summed E-state index contributed by atoms with van der Waals surface area (Å²) in [4.78, 5) is 22.5. The van der Waals surface area contributed by atoms with E-state index in [2.05, 4.69) is 5.32 Å². The SMILES string of the molecule is CCC(=O)c1ccc(O)c(NC(=O)CCl)c1. The summed E-state index contributed by atoms with van der Waals surface area (Å²) in [7, 11) is 0. The summed E-state index contributed by atoms with van der Waals surface area (Å²) in [5, 5.41) is 11.9. The molecule has 0 heterocycles. The molecule has 0 atom stereocenters. The Morgan fingerprint density at radius 1 is 1.44 bits per heavy atom. The molecule has 0 aliphatic heterocycles. The fraction of sp³-hybridized carbons (Fsp3) is 0.273. The Balaban J connectivity index is 2.99. The van der Waals surface area contributed by atoms with Gasteiger partial charge >= 0.3 is 0 Å². The number of hydrogen-bond acceptors (Lipinski definition) is 3. The van der Waals surface area contributed by atoms with Crippen molar-refractivity contribution in [2.24, 2.45) is 0 Å². The number of halogens is 1. The monoisotopic (exact) mass is 241 g/mol. The van der Waals surface area contributed by atoms with Gasteiger partial charge in [0.1, 0.15) is 11.6 Å². The summed E-state index contributed by atoms with van der Waals surface area (Å²) in [6, 6.07) is 4.32. The van der Waals surface area contributed by atoms with Gasteiger partial charge in [0.15, 0.2) is 5.78 Å². The lowest BCUT2D eigenvalue weighted by molar-refractivity contribution is -0.113. The maximum absolute atomic E-state index is 11.4. The van der Waals surface area contributed by atoms with Crippen molar-refractivity contribution in [3.8, 4) is 5.75 Å². The van der Waals surface area contributed by atoms with E-state index in [-0.39, 0.29) is 23.1 Å². The van der Waals surface area contributed by atoms with Crippen LogP contribution in [0.4, 0.5) is 5.69 Å². The van der Waals surface area contributed by atoms with Crippen LogP contribution in [0.1, 0.15) is 23.7 Å². The third kappa shape index (κ3) is 2.97. The van der Waals surface area contributed by atoms with Gasteiger partial charge < -0.3 is 10.4 Å². The highest BCUT2D eigenvalue weighted by molar-refractivity contribution is 6.29. The van der Waals surface area contributed by atoms with Crippen molar-refractivity contribution < 1.29 is 14.7 Å². The first kappa shape index (κ1) is 12.5. The minimum Gasteiger partial charge on any atom is -0.506 e. The van der Waals surface area contributed by atoms with Crippen LogP contribution in [0, 0.1) is 0 Å². The number of alkyl halides is 1. The molecule has 1 aromatic rings. The van der Waals surface area contributed by atoms with Crippen molar-refractivity contribution in [3.63, 3.8) is 0 Å². The number of rotatable bonds is 4. The molecule has 5 heteroatoms. The predicted molar refractivity (Wildman–Crippen MR) is 62.1 cm³/mol. The Hall–Kier alpha value is -1.55. The van der Waals surface area contributed by atoms with E-state index in [1.54, 1.807) is 6.92 Å². The number of carbonyl (C=O) groups is 2. The van der Waals surface area contributed by atoms with Crippen LogP contribution >= 0.6 is 11.6 Å². The molecule has 0 radical (unpaired) electrons. The van der Waals surface area contributed by atoms with Gasteiger partial charge in [0.05, 0.1) is 5.69 Å². The lowest BCUT2D eigenvalue weighted by Crippen LogP contribution is -2.13. The maximum Gasteiger partial charge on any atom is 0.239 e. The van der Waals surface area contributed by atoms with Gasteiger partial charge in [-0.15, -0.1) is 11.6 Å². The highest BCUT2D eigenvalue weighted by atomic mass is 35.5. The zero-order valence-corrected chi connectivity index (χ0v) is 9.54. The number of phenols is 1. The third-order valence-corrected chi connectivity index (χ3v) is 2.28. The largest absolute Gasteiger partial charge is 0.506 e. The van der Waals surface area contributed by atoms with Crippen LogP contribution in [0.2, 0.25) is 0 Å². The number of amides is 1. The summed E-state index contributed by atoms with van der Waals surface area (Å²) in [6.07, 6.45) is 0.369. The number of anilines is 1. The van der Waals surface area contributed by atoms with Gasteiger partial charge in [0, 0.05) is 12.0 Å². The van der Waals surface area contributed by atoms with Crippen molar-refractivity contribution in [1.29, 1.82) is 0 Å². The highest BCUT2D eigenvalue weighted by Crippen LogP contribution is 2.24. The lowest BCUT2D eigenvalue weighted by Gasteiger charge is -2.07. The Morgan fingerprint density at radius 3 is 2.69 bits per heavy atom. The Bertz CT molecular complexity index is 418. The Kier molecular flexibility index (Phi) is 4.31.